The first-order chi connectivity index (χ1) is 22.4. The van der Waals surface area contributed by atoms with Gasteiger partial charge in [0.25, 0.3) is 10.0 Å². The third kappa shape index (κ3) is 8.56. The van der Waals surface area contributed by atoms with E-state index in [1.165, 1.54) is 62.6 Å². The molecule has 4 rings (SSSR count). The molecule has 0 bridgehead atoms. The average Bonchev–Trinajstić information content (AvgIpc) is 3.06. The van der Waals surface area contributed by atoms with Gasteiger partial charge in [-0.25, -0.2) is 8.42 Å². The van der Waals surface area contributed by atoms with Gasteiger partial charge in [-0.2, -0.15) is 0 Å². The molecule has 254 valence electrons. The Morgan fingerprint density at radius 1 is 0.872 bits per heavy atom. The van der Waals surface area contributed by atoms with Crippen LogP contribution >= 0.6 is 34.8 Å². The van der Waals surface area contributed by atoms with Gasteiger partial charge < -0.3 is 24.4 Å². The quantitative estimate of drug-likeness (QED) is 0.208. The van der Waals surface area contributed by atoms with Crippen molar-refractivity contribution in [1.29, 1.82) is 0 Å². The fraction of sp³-hybridized carbons (Fsp3) is 0.394. The number of carbonyl (C=O) groups is 2. The number of rotatable bonds is 13. The molecule has 10 nitrogen and oxygen atoms in total. The van der Waals surface area contributed by atoms with E-state index >= 15 is 0 Å². The monoisotopic (exact) mass is 725 g/mol. The van der Waals surface area contributed by atoms with Crippen LogP contribution in [0, 0.1) is 0 Å². The van der Waals surface area contributed by atoms with E-state index in [0.717, 1.165) is 36.4 Å². The zero-order valence-electron chi connectivity index (χ0n) is 26.6. The zero-order chi connectivity index (χ0) is 34.3. The van der Waals surface area contributed by atoms with Gasteiger partial charge in [0, 0.05) is 39.3 Å². The Balaban J connectivity index is 1.79. The van der Waals surface area contributed by atoms with Crippen molar-refractivity contribution in [3.63, 3.8) is 0 Å². The summed E-state index contributed by atoms with van der Waals surface area (Å²) in [6.07, 6.45) is 4.79. The van der Waals surface area contributed by atoms with E-state index in [9.17, 15) is 18.0 Å². The SMILES string of the molecule is COc1ccc(S(=O)(=O)N(CC(=O)N(Cc2c(Cl)cccc2Cl)C(C)C(=O)NC2CCCCC2)c2cc(Cl)ccc2OC)cc1OC. The van der Waals surface area contributed by atoms with Crippen molar-refractivity contribution in [3.8, 4) is 17.2 Å². The summed E-state index contributed by atoms with van der Waals surface area (Å²) in [4.78, 5) is 29.1. The van der Waals surface area contributed by atoms with E-state index in [0.29, 0.717) is 21.4 Å². The number of carbonyl (C=O) groups excluding carboxylic acids is 2. The predicted octanol–water partition coefficient (Wildman–Crippen LogP) is 6.73. The maximum atomic E-state index is 14.4. The number of ether oxygens (including phenoxy) is 3. The van der Waals surface area contributed by atoms with Gasteiger partial charge in [-0.05, 0) is 62.2 Å². The average molecular weight is 727 g/mol. The Morgan fingerprint density at radius 2 is 1.49 bits per heavy atom. The van der Waals surface area contributed by atoms with Crippen LogP contribution in [0.25, 0.3) is 0 Å². The maximum Gasteiger partial charge on any atom is 0.265 e. The number of amides is 2. The predicted molar refractivity (Wildman–Crippen MR) is 184 cm³/mol. The first kappa shape index (κ1) is 36.5. The number of hydrogen-bond acceptors (Lipinski definition) is 7. The fourth-order valence-corrected chi connectivity index (χ4v) is 7.60. The van der Waals surface area contributed by atoms with E-state index < -0.39 is 28.5 Å². The molecule has 1 unspecified atom stereocenters. The lowest BCUT2D eigenvalue weighted by atomic mass is 9.95. The summed E-state index contributed by atoms with van der Waals surface area (Å²) in [5, 5.41) is 3.86. The highest BCUT2D eigenvalue weighted by Crippen LogP contribution is 2.37. The summed E-state index contributed by atoms with van der Waals surface area (Å²) >= 11 is 19.3. The fourth-order valence-electron chi connectivity index (χ4n) is 5.48. The Kier molecular flexibility index (Phi) is 12.5. The minimum absolute atomic E-state index is 0.0122. The summed E-state index contributed by atoms with van der Waals surface area (Å²) in [5.41, 5.74) is 0.425. The second-order valence-electron chi connectivity index (χ2n) is 11.1. The molecular weight excluding hydrogens is 689 g/mol. The van der Waals surface area contributed by atoms with Crippen LogP contribution in [0.3, 0.4) is 0 Å². The van der Waals surface area contributed by atoms with Gasteiger partial charge >= 0.3 is 0 Å². The molecule has 47 heavy (non-hydrogen) atoms. The zero-order valence-corrected chi connectivity index (χ0v) is 29.7. The van der Waals surface area contributed by atoms with Gasteiger partial charge in [0.1, 0.15) is 18.3 Å². The molecule has 0 aliphatic heterocycles. The van der Waals surface area contributed by atoms with Crippen LogP contribution in [0.4, 0.5) is 5.69 Å². The molecule has 14 heteroatoms. The molecule has 1 N–H and O–H groups in total. The van der Waals surface area contributed by atoms with Crippen molar-refractivity contribution in [1.82, 2.24) is 10.2 Å². The molecule has 0 radical (unpaired) electrons. The second kappa shape index (κ2) is 16.1. The van der Waals surface area contributed by atoms with Crippen LogP contribution in [0.1, 0.15) is 44.6 Å². The minimum atomic E-state index is -4.49. The van der Waals surface area contributed by atoms with Gasteiger partial charge in [0.15, 0.2) is 11.5 Å². The largest absolute Gasteiger partial charge is 0.495 e. The van der Waals surface area contributed by atoms with Crippen LogP contribution in [0.15, 0.2) is 59.5 Å². The van der Waals surface area contributed by atoms with Crippen molar-refractivity contribution >= 4 is 62.3 Å². The van der Waals surface area contributed by atoms with Crippen LogP contribution in [-0.4, -0.2) is 65.1 Å². The minimum Gasteiger partial charge on any atom is -0.495 e. The molecule has 3 aromatic carbocycles. The standard InChI is InChI=1S/C33H38Cl3N3O7S/c1-21(33(41)37-23-9-6-5-7-10-23)38(19-25-26(35)11-8-12-27(25)36)32(40)20-39(28-17-22(34)13-15-29(28)44-2)47(42,43)24-14-16-30(45-3)31(18-24)46-4/h8,11-18,21,23H,5-7,9-10,19-20H2,1-4H3,(H,37,41). The normalized spacial score (nSPS) is 14.2. The number of nitrogens with one attached hydrogen (secondary N) is 1. The van der Waals surface area contributed by atoms with Crippen molar-refractivity contribution in [2.45, 2.75) is 62.6 Å². The number of hydrogen-bond donors (Lipinski definition) is 1. The number of nitrogens with zero attached hydrogens (tertiary/aromatic N) is 2. The Labute approximate surface area is 290 Å². The lowest BCUT2D eigenvalue weighted by Crippen LogP contribution is -2.53. The number of sulfonamides is 1. The van der Waals surface area contributed by atoms with Crippen LogP contribution in [0.2, 0.25) is 15.1 Å². The molecule has 1 fully saturated rings. The molecule has 1 aliphatic carbocycles. The number of methoxy groups -OCH3 is 3. The van der Waals surface area contributed by atoms with E-state index in [2.05, 4.69) is 5.32 Å². The van der Waals surface area contributed by atoms with E-state index in [1.807, 2.05) is 0 Å². The van der Waals surface area contributed by atoms with Crippen molar-refractivity contribution in [3.05, 3.63) is 75.2 Å². The third-order valence-electron chi connectivity index (χ3n) is 8.14. The summed E-state index contributed by atoms with van der Waals surface area (Å²) in [5.74, 6) is -0.438. The molecule has 1 saturated carbocycles. The molecule has 0 heterocycles. The number of halogens is 3. The Hall–Kier alpha value is -3.38. The lowest BCUT2D eigenvalue weighted by Gasteiger charge is -2.34. The highest BCUT2D eigenvalue weighted by molar-refractivity contribution is 7.92. The summed E-state index contributed by atoms with van der Waals surface area (Å²) in [6.45, 7) is 0.706. The van der Waals surface area contributed by atoms with E-state index in [1.54, 1.807) is 25.1 Å². The Bertz CT molecular complexity index is 1680. The van der Waals surface area contributed by atoms with Crippen LogP contribution in [0.5, 0.6) is 17.2 Å². The molecule has 0 aromatic heterocycles. The first-order valence-corrected chi connectivity index (χ1v) is 17.6. The van der Waals surface area contributed by atoms with Crippen molar-refractivity contribution < 1.29 is 32.2 Å². The molecule has 0 spiro atoms. The highest BCUT2D eigenvalue weighted by atomic mass is 35.5. The molecule has 1 aliphatic rings. The third-order valence-corrected chi connectivity index (χ3v) is 10.8. The molecule has 2 amide bonds. The van der Waals surface area contributed by atoms with E-state index in [-0.39, 0.29) is 45.6 Å². The van der Waals surface area contributed by atoms with Crippen LogP contribution < -0.4 is 23.8 Å². The first-order valence-electron chi connectivity index (χ1n) is 15.0. The topological polar surface area (TPSA) is 114 Å². The van der Waals surface area contributed by atoms with Crippen LogP contribution in [-0.2, 0) is 26.2 Å². The summed E-state index contributed by atoms with van der Waals surface area (Å²) in [6, 6.07) is 12.4. The molecule has 0 saturated heterocycles. The van der Waals surface area contributed by atoms with Gasteiger partial charge in [-0.3, -0.25) is 13.9 Å². The smallest absolute Gasteiger partial charge is 0.265 e. The van der Waals surface area contributed by atoms with Crippen molar-refractivity contribution in [2.75, 3.05) is 32.2 Å². The van der Waals surface area contributed by atoms with Gasteiger partial charge in [-0.15, -0.1) is 0 Å². The number of anilines is 1. The van der Waals surface area contributed by atoms with Gasteiger partial charge in [-0.1, -0.05) is 60.1 Å². The summed E-state index contributed by atoms with van der Waals surface area (Å²) in [7, 11) is -0.303. The van der Waals surface area contributed by atoms with Crippen molar-refractivity contribution in [2.24, 2.45) is 0 Å². The second-order valence-corrected chi connectivity index (χ2v) is 14.2. The maximum absolute atomic E-state index is 14.4. The number of benzene rings is 3. The molecular formula is C33H38Cl3N3O7S. The lowest BCUT2D eigenvalue weighted by molar-refractivity contribution is -0.139. The van der Waals surface area contributed by atoms with Gasteiger partial charge in [0.05, 0.1) is 31.9 Å². The Morgan fingerprint density at radius 3 is 2.11 bits per heavy atom. The molecule has 3 aromatic rings. The molecule has 1 atom stereocenters. The van der Waals surface area contributed by atoms with E-state index in [4.69, 9.17) is 49.0 Å². The summed E-state index contributed by atoms with van der Waals surface area (Å²) < 4.78 is 45.9. The highest BCUT2D eigenvalue weighted by Gasteiger charge is 2.35. The van der Waals surface area contributed by atoms with Gasteiger partial charge in [0.2, 0.25) is 11.8 Å².